The molecule has 0 unspecified atom stereocenters. The highest BCUT2D eigenvalue weighted by Gasteiger charge is 2.12. The predicted molar refractivity (Wildman–Crippen MR) is 110 cm³/mol. The second-order valence-electron chi connectivity index (χ2n) is 6.49. The zero-order valence-electron chi connectivity index (χ0n) is 15.3. The molecule has 4 nitrogen and oxygen atoms in total. The average Bonchev–Trinajstić information content (AvgIpc) is 3.03. The minimum atomic E-state index is -0.261. The van der Waals surface area contributed by atoms with Gasteiger partial charge in [0.15, 0.2) is 0 Å². The molecule has 0 radical (unpaired) electrons. The van der Waals surface area contributed by atoms with Gasteiger partial charge in [-0.05, 0) is 53.6 Å². The molecule has 4 rings (SSSR count). The van der Waals surface area contributed by atoms with Gasteiger partial charge in [0.05, 0.1) is 11.2 Å². The van der Waals surface area contributed by atoms with Crippen molar-refractivity contribution in [3.8, 4) is 22.4 Å². The molecule has 4 aromatic rings. The highest BCUT2D eigenvalue weighted by molar-refractivity contribution is 5.99. The largest absolute Gasteiger partial charge is 0.323 e. The van der Waals surface area contributed by atoms with Crippen LogP contribution in [0.1, 0.15) is 0 Å². The third kappa shape index (κ3) is 3.30. The molecule has 1 N–H and O–H groups in total. The van der Waals surface area contributed by atoms with Crippen molar-refractivity contribution in [2.75, 3.05) is 5.32 Å². The maximum Gasteiger partial charge on any atom is 0.247 e. The summed E-state index contributed by atoms with van der Waals surface area (Å²) >= 11 is 0. The molecule has 0 atom stereocenters. The number of carbonyl (C=O) groups excluding carboxylic acids is 1. The van der Waals surface area contributed by atoms with Gasteiger partial charge in [-0.25, -0.2) is 4.39 Å². The number of rotatable bonds is 4. The number of halogens is 1. The third-order valence-electron chi connectivity index (χ3n) is 4.60. The van der Waals surface area contributed by atoms with Gasteiger partial charge in [-0.15, -0.1) is 0 Å². The zero-order valence-corrected chi connectivity index (χ0v) is 15.3. The van der Waals surface area contributed by atoms with Crippen LogP contribution < -0.4 is 5.32 Å². The summed E-state index contributed by atoms with van der Waals surface area (Å²) < 4.78 is 15.4. The molecular formula is C23H18FN3O. The van der Waals surface area contributed by atoms with E-state index in [9.17, 15) is 9.18 Å². The molecule has 0 saturated heterocycles. The average molecular weight is 371 g/mol. The van der Waals surface area contributed by atoms with Crippen LogP contribution in [0.5, 0.6) is 0 Å². The van der Waals surface area contributed by atoms with Crippen LogP contribution in [0.25, 0.3) is 33.3 Å². The Kier molecular flexibility index (Phi) is 4.49. The lowest BCUT2D eigenvalue weighted by atomic mass is 10.0. The number of anilines is 1. The van der Waals surface area contributed by atoms with E-state index in [0.29, 0.717) is 5.69 Å². The smallest absolute Gasteiger partial charge is 0.247 e. The Labute approximate surface area is 161 Å². The normalized spacial score (nSPS) is 10.8. The van der Waals surface area contributed by atoms with Gasteiger partial charge in [0.25, 0.3) is 0 Å². The number of aryl methyl sites for hydroxylation is 1. The van der Waals surface area contributed by atoms with E-state index in [1.54, 1.807) is 6.07 Å². The minimum Gasteiger partial charge on any atom is -0.323 e. The fourth-order valence-corrected chi connectivity index (χ4v) is 3.30. The Hall–Kier alpha value is -3.73. The number of amides is 1. The van der Waals surface area contributed by atoms with Gasteiger partial charge < -0.3 is 5.32 Å². The van der Waals surface area contributed by atoms with E-state index in [2.05, 4.69) is 17.0 Å². The number of carbonyl (C=O) groups is 1. The molecule has 0 spiro atoms. The third-order valence-corrected chi connectivity index (χ3v) is 4.60. The summed E-state index contributed by atoms with van der Waals surface area (Å²) in [5.41, 5.74) is 5.23. The van der Waals surface area contributed by atoms with Crippen LogP contribution in [0, 0.1) is 5.82 Å². The Morgan fingerprint density at radius 1 is 1.04 bits per heavy atom. The van der Waals surface area contributed by atoms with E-state index in [4.69, 9.17) is 0 Å². The molecule has 3 aromatic carbocycles. The van der Waals surface area contributed by atoms with E-state index >= 15 is 0 Å². The van der Waals surface area contributed by atoms with E-state index in [1.807, 2.05) is 60.3 Å². The van der Waals surface area contributed by atoms with Crippen LogP contribution >= 0.6 is 0 Å². The monoisotopic (exact) mass is 371 g/mol. The summed E-state index contributed by atoms with van der Waals surface area (Å²) in [4.78, 5) is 11.4. The van der Waals surface area contributed by atoms with Crippen molar-refractivity contribution < 1.29 is 9.18 Å². The molecule has 1 heterocycles. The number of benzene rings is 3. The highest BCUT2D eigenvalue weighted by atomic mass is 19.1. The number of hydrogen-bond donors (Lipinski definition) is 1. The number of fused-ring (bicyclic) bond motifs is 1. The first-order valence-corrected chi connectivity index (χ1v) is 8.82. The van der Waals surface area contributed by atoms with Gasteiger partial charge in [0.1, 0.15) is 5.82 Å². The second kappa shape index (κ2) is 7.12. The maximum atomic E-state index is 13.5. The van der Waals surface area contributed by atoms with Crippen molar-refractivity contribution >= 4 is 22.5 Å². The number of nitrogens with zero attached hydrogens (tertiary/aromatic N) is 2. The van der Waals surface area contributed by atoms with Gasteiger partial charge in [0.2, 0.25) is 5.91 Å². The fourth-order valence-electron chi connectivity index (χ4n) is 3.30. The lowest BCUT2D eigenvalue weighted by Crippen LogP contribution is -2.06. The first-order chi connectivity index (χ1) is 13.5. The zero-order chi connectivity index (χ0) is 19.7. The number of aromatic nitrogens is 2. The summed E-state index contributed by atoms with van der Waals surface area (Å²) in [6.07, 6.45) is 1.23. The fraction of sp³-hybridized carbons (Fsp3) is 0.0435. The maximum absolute atomic E-state index is 13.5. The van der Waals surface area contributed by atoms with Crippen LogP contribution in [0.2, 0.25) is 0 Å². The van der Waals surface area contributed by atoms with E-state index in [1.165, 1.54) is 18.2 Å². The van der Waals surface area contributed by atoms with Crippen LogP contribution in [-0.4, -0.2) is 15.7 Å². The van der Waals surface area contributed by atoms with E-state index in [0.717, 1.165) is 33.3 Å². The van der Waals surface area contributed by atoms with Crippen molar-refractivity contribution in [2.45, 2.75) is 0 Å². The summed E-state index contributed by atoms with van der Waals surface area (Å²) in [5.74, 6) is -0.508. The standard InChI is InChI=1S/C23H18FN3O/c1-3-22(28)25-19-10-7-15(8-11-19)23-20-12-9-17(14-21(20)26-27(23)2)16-5-4-6-18(24)13-16/h3-14H,1H2,2H3,(H,25,28). The van der Waals surface area contributed by atoms with Crippen LogP contribution in [-0.2, 0) is 11.8 Å². The van der Waals surface area contributed by atoms with Crippen molar-refractivity contribution in [2.24, 2.45) is 7.05 Å². The van der Waals surface area contributed by atoms with Gasteiger partial charge in [-0.3, -0.25) is 9.48 Å². The molecule has 0 bridgehead atoms. The Morgan fingerprint density at radius 2 is 1.75 bits per heavy atom. The van der Waals surface area contributed by atoms with Crippen molar-refractivity contribution in [1.29, 1.82) is 0 Å². The van der Waals surface area contributed by atoms with Gasteiger partial charge in [0, 0.05) is 23.7 Å². The molecule has 138 valence electrons. The molecular weight excluding hydrogens is 353 g/mol. The van der Waals surface area contributed by atoms with Crippen molar-refractivity contribution in [3.05, 3.63) is 85.2 Å². The molecule has 0 aliphatic rings. The molecule has 0 aliphatic heterocycles. The Balaban J connectivity index is 1.73. The minimum absolute atomic E-state index is 0.247. The van der Waals surface area contributed by atoms with E-state index < -0.39 is 0 Å². The van der Waals surface area contributed by atoms with Crippen LogP contribution in [0.4, 0.5) is 10.1 Å². The molecule has 0 fully saturated rings. The molecule has 1 aromatic heterocycles. The molecule has 0 aliphatic carbocycles. The number of hydrogen-bond acceptors (Lipinski definition) is 2. The van der Waals surface area contributed by atoms with Gasteiger partial charge in [-0.1, -0.05) is 36.9 Å². The predicted octanol–water partition coefficient (Wildman–Crippen LogP) is 5.17. The van der Waals surface area contributed by atoms with Crippen molar-refractivity contribution in [1.82, 2.24) is 9.78 Å². The summed E-state index contributed by atoms with van der Waals surface area (Å²) in [7, 11) is 1.89. The lowest BCUT2D eigenvalue weighted by molar-refractivity contribution is -0.111. The molecule has 5 heteroatoms. The Bertz CT molecular complexity index is 1190. The lowest BCUT2D eigenvalue weighted by Gasteiger charge is -2.06. The SMILES string of the molecule is C=CC(=O)Nc1ccc(-c2c3ccc(-c4cccc(F)c4)cc3nn2C)cc1. The molecule has 1 amide bonds. The Morgan fingerprint density at radius 3 is 2.46 bits per heavy atom. The summed E-state index contributed by atoms with van der Waals surface area (Å²) in [6.45, 7) is 3.45. The highest BCUT2D eigenvalue weighted by Crippen LogP contribution is 2.32. The van der Waals surface area contributed by atoms with Crippen LogP contribution in [0.15, 0.2) is 79.4 Å². The molecule has 0 saturated carbocycles. The topological polar surface area (TPSA) is 46.9 Å². The van der Waals surface area contributed by atoms with Gasteiger partial charge >= 0.3 is 0 Å². The summed E-state index contributed by atoms with van der Waals surface area (Å²) in [5, 5.41) is 8.36. The van der Waals surface area contributed by atoms with E-state index in [-0.39, 0.29) is 11.7 Å². The second-order valence-corrected chi connectivity index (χ2v) is 6.49. The summed E-state index contributed by atoms with van der Waals surface area (Å²) in [6, 6.07) is 20.0. The first-order valence-electron chi connectivity index (χ1n) is 8.82. The first kappa shape index (κ1) is 17.7. The van der Waals surface area contributed by atoms with Gasteiger partial charge in [-0.2, -0.15) is 5.10 Å². The molecule has 28 heavy (non-hydrogen) atoms. The quantitative estimate of drug-likeness (QED) is 0.503. The van der Waals surface area contributed by atoms with Crippen LogP contribution in [0.3, 0.4) is 0 Å². The van der Waals surface area contributed by atoms with Crippen molar-refractivity contribution in [3.63, 3.8) is 0 Å². The number of nitrogens with one attached hydrogen (secondary N) is 1.